The molecule has 8 nitrogen and oxygen atoms in total. The molecule has 4 rings (SSSR count). The lowest BCUT2D eigenvalue weighted by atomic mass is 10.2. The number of benzene rings is 2. The number of halogens is 1. The monoisotopic (exact) mass is 437 g/mol. The van der Waals surface area contributed by atoms with Crippen molar-refractivity contribution < 1.29 is 19.0 Å². The summed E-state index contributed by atoms with van der Waals surface area (Å²) in [6.45, 7) is -0.376. The third kappa shape index (κ3) is 4.62. The summed E-state index contributed by atoms with van der Waals surface area (Å²) < 4.78 is 25.2. The van der Waals surface area contributed by atoms with Crippen molar-refractivity contribution in [3.8, 4) is 22.8 Å². The molecule has 0 radical (unpaired) electrons. The van der Waals surface area contributed by atoms with E-state index in [-0.39, 0.29) is 13.2 Å². The molecule has 0 aliphatic heterocycles. The number of rotatable bonds is 9. The molecule has 0 saturated heterocycles. The van der Waals surface area contributed by atoms with Crippen LogP contribution >= 0.6 is 0 Å². The van der Waals surface area contributed by atoms with E-state index in [1.54, 1.807) is 36.3 Å². The molecule has 9 heteroatoms. The molecular weight excluding hydrogens is 413 g/mol. The Bertz CT molecular complexity index is 1210. The molecule has 0 aliphatic carbocycles. The van der Waals surface area contributed by atoms with Gasteiger partial charge in [0.05, 0.1) is 42.8 Å². The van der Waals surface area contributed by atoms with Gasteiger partial charge in [-0.05, 0) is 18.2 Å². The second-order valence-corrected chi connectivity index (χ2v) is 7.11. The fourth-order valence-electron chi connectivity index (χ4n) is 3.44. The Morgan fingerprint density at radius 2 is 1.91 bits per heavy atom. The predicted octanol–water partition coefficient (Wildman–Crippen LogP) is 3.52. The molecule has 0 unspecified atom stereocenters. The van der Waals surface area contributed by atoms with E-state index in [1.807, 2.05) is 42.4 Å². The van der Waals surface area contributed by atoms with E-state index in [4.69, 9.17) is 14.5 Å². The number of anilines is 2. The quantitative estimate of drug-likeness (QED) is 0.429. The zero-order valence-electron chi connectivity index (χ0n) is 17.9. The number of ether oxygens (including phenoxy) is 2. The summed E-state index contributed by atoms with van der Waals surface area (Å²) in [4.78, 5) is 11.2. The number of aliphatic hydroxyl groups excluding tert-OH is 1. The van der Waals surface area contributed by atoms with Crippen molar-refractivity contribution in [2.45, 2.75) is 0 Å². The summed E-state index contributed by atoms with van der Waals surface area (Å²) in [5.74, 6) is 1.05. The maximum absolute atomic E-state index is 12.6. The number of hydrogen-bond donors (Lipinski definition) is 1. The first-order chi connectivity index (χ1) is 15.6. The van der Waals surface area contributed by atoms with Crippen molar-refractivity contribution in [1.82, 2.24) is 19.7 Å². The van der Waals surface area contributed by atoms with E-state index in [2.05, 4.69) is 10.1 Å². The van der Waals surface area contributed by atoms with E-state index in [9.17, 15) is 9.50 Å². The van der Waals surface area contributed by atoms with Crippen LogP contribution in [0.5, 0.6) is 11.5 Å². The van der Waals surface area contributed by atoms with Crippen LogP contribution < -0.4 is 14.4 Å². The fraction of sp³-hybridized carbons (Fsp3) is 0.261. The van der Waals surface area contributed by atoms with Gasteiger partial charge in [-0.25, -0.2) is 9.37 Å². The fourth-order valence-corrected chi connectivity index (χ4v) is 3.44. The predicted molar refractivity (Wildman–Crippen MR) is 120 cm³/mol. The number of nitrogens with zero attached hydrogens (tertiary/aromatic N) is 5. The van der Waals surface area contributed by atoms with Crippen LogP contribution in [0.25, 0.3) is 22.3 Å². The average Bonchev–Trinajstić information content (AvgIpc) is 3.26. The van der Waals surface area contributed by atoms with Gasteiger partial charge in [0.1, 0.15) is 24.8 Å². The van der Waals surface area contributed by atoms with Crippen LogP contribution in [0.3, 0.4) is 0 Å². The Labute approximate surface area is 184 Å². The normalized spacial score (nSPS) is 11.0. The van der Waals surface area contributed by atoms with Crippen molar-refractivity contribution in [2.24, 2.45) is 7.05 Å². The minimum absolute atomic E-state index is 0.0463. The van der Waals surface area contributed by atoms with Crippen molar-refractivity contribution in [3.05, 3.63) is 55.0 Å². The van der Waals surface area contributed by atoms with E-state index >= 15 is 0 Å². The van der Waals surface area contributed by atoms with Gasteiger partial charge < -0.3 is 19.5 Å². The molecule has 2 aromatic carbocycles. The van der Waals surface area contributed by atoms with Gasteiger partial charge in [0.25, 0.3) is 0 Å². The Morgan fingerprint density at radius 3 is 2.62 bits per heavy atom. The smallest absolute Gasteiger partial charge is 0.125 e. The van der Waals surface area contributed by atoms with Gasteiger partial charge in [0, 0.05) is 54.9 Å². The topological polar surface area (TPSA) is 85.5 Å². The van der Waals surface area contributed by atoms with Gasteiger partial charge in [0.15, 0.2) is 0 Å². The van der Waals surface area contributed by atoms with Crippen LogP contribution in [0.2, 0.25) is 0 Å². The van der Waals surface area contributed by atoms with E-state index in [0.29, 0.717) is 23.6 Å². The Hall–Kier alpha value is -3.72. The third-order valence-electron chi connectivity index (χ3n) is 4.92. The molecule has 0 saturated carbocycles. The lowest BCUT2D eigenvalue weighted by Crippen LogP contribution is -2.21. The Kier molecular flexibility index (Phi) is 6.46. The van der Waals surface area contributed by atoms with Gasteiger partial charge >= 0.3 is 0 Å². The highest BCUT2D eigenvalue weighted by Crippen LogP contribution is 2.34. The molecule has 1 N–H and O–H groups in total. The van der Waals surface area contributed by atoms with Crippen LogP contribution in [0.1, 0.15) is 0 Å². The van der Waals surface area contributed by atoms with Crippen LogP contribution in [-0.4, -0.2) is 58.4 Å². The van der Waals surface area contributed by atoms with Gasteiger partial charge in [0.2, 0.25) is 0 Å². The third-order valence-corrected chi connectivity index (χ3v) is 4.92. The number of aryl methyl sites for hydroxylation is 1. The van der Waals surface area contributed by atoms with Crippen molar-refractivity contribution >= 4 is 22.4 Å². The first-order valence-electron chi connectivity index (χ1n) is 10.1. The summed E-state index contributed by atoms with van der Waals surface area (Å²) in [7, 11) is 3.41. The van der Waals surface area contributed by atoms with E-state index in [0.717, 1.165) is 28.1 Å². The van der Waals surface area contributed by atoms with E-state index in [1.165, 1.54) is 0 Å². The summed E-state index contributed by atoms with van der Waals surface area (Å²) >= 11 is 0. The minimum Gasteiger partial charge on any atom is -0.497 e. The maximum atomic E-state index is 12.6. The number of methoxy groups -OCH3 is 1. The summed E-state index contributed by atoms with van der Waals surface area (Å²) in [5.41, 5.74) is 4.62. The van der Waals surface area contributed by atoms with Gasteiger partial charge in [-0.3, -0.25) is 9.67 Å². The molecule has 0 fully saturated rings. The number of fused-ring (bicyclic) bond motifs is 1. The Balaban J connectivity index is 1.75. The molecule has 2 aromatic heterocycles. The van der Waals surface area contributed by atoms with Crippen molar-refractivity contribution in [2.75, 3.05) is 38.4 Å². The number of aromatic nitrogens is 4. The lowest BCUT2D eigenvalue weighted by Gasteiger charge is -2.25. The van der Waals surface area contributed by atoms with E-state index < -0.39 is 6.67 Å². The average molecular weight is 437 g/mol. The highest BCUT2D eigenvalue weighted by atomic mass is 19.1. The van der Waals surface area contributed by atoms with Gasteiger partial charge in [-0.2, -0.15) is 5.10 Å². The highest BCUT2D eigenvalue weighted by Gasteiger charge is 2.14. The zero-order valence-corrected chi connectivity index (χ0v) is 17.9. The molecule has 4 aromatic rings. The molecule has 166 valence electrons. The summed E-state index contributed by atoms with van der Waals surface area (Å²) in [6.07, 6.45) is 5.35. The molecule has 0 aliphatic rings. The number of aliphatic hydroxyl groups is 1. The number of hydrogen-bond acceptors (Lipinski definition) is 7. The Morgan fingerprint density at radius 1 is 1.06 bits per heavy atom. The molecule has 0 spiro atoms. The van der Waals surface area contributed by atoms with Crippen molar-refractivity contribution in [3.63, 3.8) is 0 Å². The minimum atomic E-state index is -0.588. The van der Waals surface area contributed by atoms with Crippen LogP contribution in [0.4, 0.5) is 15.8 Å². The second-order valence-electron chi connectivity index (χ2n) is 7.11. The molecule has 0 bridgehead atoms. The maximum Gasteiger partial charge on any atom is 0.125 e. The molecule has 0 atom stereocenters. The lowest BCUT2D eigenvalue weighted by molar-refractivity contribution is 0.272. The van der Waals surface area contributed by atoms with Gasteiger partial charge in [-0.1, -0.05) is 0 Å². The number of alkyl halides is 1. The van der Waals surface area contributed by atoms with Gasteiger partial charge in [-0.15, -0.1) is 0 Å². The van der Waals surface area contributed by atoms with Crippen LogP contribution in [0.15, 0.2) is 55.0 Å². The first-order valence-corrected chi connectivity index (χ1v) is 10.1. The van der Waals surface area contributed by atoms with Crippen molar-refractivity contribution in [1.29, 1.82) is 0 Å². The van der Waals surface area contributed by atoms with Crippen LogP contribution in [0, 0.1) is 0 Å². The first kappa shape index (κ1) is 21.5. The molecule has 32 heavy (non-hydrogen) atoms. The summed E-state index contributed by atoms with van der Waals surface area (Å²) in [5, 5.41) is 13.9. The highest BCUT2D eigenvalue weighted by molar-refractivity contribution is 5.82. The second kappa shape index (κ2) is 9.61. The molecule has 0 amide bonds. The molecular formula is C23H24FN5O3. The SMILES string of the molecule is COc1cc(OCCF)cc(N(CCO)c2ccc3ncc(-c4cnn(C)c4)nc3c2)c1. The van der Waals surface area contributed by atoms with Crippen LogP contribution in [-0.2, 0) is 7.05 Å². The molecule has 2 heterocycles. The summed E-state index contributed by atoms with van der Waals surface area (Å²) in [6, 6.07) is 11.0. The largest absolute Gasteiger partial charge is 0.497 e. The zero-order chi connectivity index (χ0) is 22.5. The standard InChI is InChI=1S/C23H24FN5O3/c1-28-15-16(13-26-28)23-14-25-21-4-3-17(11-22(21)27-23)29(6-7-30)18-9-19(31-2)12-20(10-18)32-8-5-24/h3-4,9-15,30H,5-8H2,1-2H3.